The predicted molar refractivity (Wildman–Crippen MR) is 230 cm³/mol. The van der Waals surface area contributed by atoms with Crippen molar-refractivity contribution in [3.8, 4) is 0 Å². The largest absolute Gasteiger partial charge is 0.446 e. The van der Waals surface area contributed by atoms with E-state index >= 15 is 0 Å². The Balaban J connectivity index is 0.892. The molecular weight excluding hydrogens is 699 g/mol. The molecule has 0 spiro atoms. The zero-order valence-electron chi connectivity index (χ0n) is 37.8. The first-order chi connectivity index (χ1) is 26.7. The average molecular weight is 786 g/mol. The number of amides is 2. The van der Waals surface area contributed by atoms with E-state index in [1.165, 1.54) is 38.8 Å². The van der Waals surface area contributed by atoms with Gasteiger partial charge in [-0.3, -0.25) is 9.69 Å². The number of carbonyl (C=O) groups excluding carboxylic acids is 2. The summed E-state index contributed by atoms with van der Waals surface area (Å²) in [5.74, 6) is 5.81. The van der Waals surface area contributed by atoms with Crippen LogP contribution in [0.25, 0.3) is 0 Å². The SMILES string of the molecule is CC(CCC(C)C1CCN(C(=O)OC2CCN(C(C)(C)CC(C)C3CN(C(=O)CC4CCN(C(C)C)CC4)C3)CC2)CC1)COCCN1CCC(C(C)C)CC1. The number of hydrogen-bond donors (Lipinski definition) is 0. The van der Waals surface area contributed by atoms with E-state index in [-0.39, 0.29) is 17.7 Å². The van der Waals surface area contributed by atoms with Crippen molar-refractivity contribution in [1.29, 1.82) is 0 Å². The van der Waals surface area contributed by atoms with Crippen LogP contribution in [0.15, 0.2) is 0 Å². The molecule has 0 saturated carbocycles. The molecule has 0 radical (unpaired) electrons. The third-order valence-corrected chi connectivity index (χ3v) is 15.5. The topological polar surface area (TPSA) is 68.8 Å². The number of hydrogen-bond acceptors (Lipinski definition) is 7. The lowest BCUT2D eigenvalue weighted by Crippen LogP contribution is -2.55. The molecule has 3 unspecified atom stereocenters. The standard InChI is InChI=1S/C47H87N5O4/c1-35(2)41-14-20-48(21-15-41)28-29-55-34-37(5)10-11-38(6)42-16-24-50(25-17-42)46(54)56-44-18-26-52(27-19-44)47(8,9)31-39(7)43-32-51(33-43)45(53)30-40-12-22-49(23-13-40)36(3)4/h35-44H,10-34H2,1-9H3. The maximum Gasteiger partial charge on any atom is 0.410 e. The molecule has 9 nitrogen and oxygen atoms in total. The Labute approximate surface area is 344 Å². The second-order valence-electron chi connectivity index (χ2n) is 20.9. The molecule has 0 aromatic carbocycles. The van der Waals surface area contributed by atoms with E-state index in [0.29, 0.717) is 47.5 Å². The fourth-order valence-corrected chi connectivity index (χ4v) is 10.8. The second kappa shape index (κ2) is 21.7. The molecule has 5 fully saturated rings. The Morgan fingerprint density at radius 3 is 1.91 bits per heavy atom. The summed E-state index contributed by atoms with van der Waals surface area (Å²) in [5, 5.41) is 0. The molecule has 0 bridgehead atoms. The first-order valence-electron chi connectivity index (χ1n) is 23.7. The van der Waals surface area contributed by atoms with Crippen LogP contribution in [0.1, 0.15) is 139 Å². The van der Waals surface area contributed by atoms with Gasteiger partial charge >= 0.3 is 6.09 Å². The summed E-state index contributed by atoms with van der Waals surface area (Å²) >= 11 is 0. The van der Waals surface area contributed by atoms with Crippen molar-refractivity contribution in [3.05, 3.63) is 0 Å². The van der Waals surface area contributed by atoms with E-state index in [0.717, 1.165) is 135 Å². The molecule has 56 heavy (non-hydrogen) atoms. The third-order valence-electron chi connectivity index (χ3n) is 15.5. The van der Waals surface area contributed by atoms with Crippen LogP contribution in [0.3, 0.4) is 0 Å². The van der Waals surface area contributed by atoms with Crippen molar-refractivity contribution >= 4 is 12.0 Å². The van der Waals surface area contributed by atoms with Gasteiger partial charge in [0.05, 0.1) is 6.61 Å². The van der Waals surface area contributed by atoms with Gasteiger partial charge in [0.15, 0.2) is 0 Å². The summed E-state index contributed by atoms with van der Waals surface area (Å²) in [6, 6.07) is 0.610. The van der Waals surface area contributed by atoms with Crippen LogP contribution in [0.4, 0.5) is 4.79 Å². The Kier molecular flexibility index (Phi) is 17.7. The monoisotopic (exact) mass is 786 g/mol. The number of likely N-dealkylation sites (tertiary alicyclic amines) is 5. The van der Waals surface area contributed by atoms with Gasteiger partial charge in [0, 0.05) is 70.4 Å². The highest BCUT2D eigenvalue weighted by molar-refractivity contribution is 5.77. The first kappa shape index (κ1) is 45.7. The number of nitrogens with zero attached hydrogens (tertiary/aromatic N) is 5. The highest BCUT2D eigenvalue weighted by Gasteiger charge is 2.40. The van der Waals surface area contributed by atoms with Gasteiger partial charge in [0.2, 0.25) is 5.91 Å². The van der Waals surface area contributed by atoms with Crippen LogP contribution in [-0.2, 0) is 14.3 Å². The smallest absolute Gasteiger partial charge is 0.410 e. The Hall–Kier alpha value is -1.42. The van der Waals surface area contributed by atoms with Gasteiger partial charge in [0.1, 0.15) is 6.10 Å². The summed E-state index contributed by atoms with van der Waals surface area (Å²) in [6.07, 6.45) is 13.3. The fraction of sp³-hybridized carbons (Fsp3) is 0.957. The van der Waals surface area contributed by atoms with E-state index in [2.05, 4.69) is 81.9 Å². The fourth-order valence-electron chi connectivity index (χ4n) is 10.8. The molecule has 3 atom stereocenters. The van der Waals surface area contributed by atoms with Gasteiger partial charge < -0.3 is 29.1 Å². The van der Waals surface area contributed by atoms with E-state index in [1.807, 2.05) is 4.90 Å². The number of piperidine rings is 4. The number of ether oxygens (including phenoxy) is 2. The minimum atomic E-state index is -0.0948. The second-order valence-corrected chi connectivity index (χ2v) is 20.9. The normalized spacial score (nSPS) is 24.5. The lowest BCUT2D eigenvalue weighted by molar-refractivity contribution is -0.140. The lowest BCUT2D eigenvalue weighted by Gasteiger charge is -2.48. The van der Waals surface area contributed by atoms with E-state index < -0.39 is 0 Å². The van der Waals surface area contributed by atoms with Gasteiger partial charge in [0.25, 0.3) is 0 Å². The molecule has 0 aromatic rings. The molecule has 0 aliphatic carbocycles. The highest BCUT2D eigenvalue weighted by atomic mass is 16.6. The Morgan fingerprint density at radius 1 is 0.679 bits per heavy atom. The van der Waals surface area contributed by atoms with Crippen LogP contribution in [0, 0.1) is 47.3 Å². The van der Waals surface area contributed by atoms with Crippen LogP contribution in [0.2, 0.25) is 0 Å². The van der Waals surface area contributed by atoms with Crippen LogP contribution >= 0.6 is 0 Å². The molecule has 5 aliphatic rings. The van der Waals surface area contributed by atoms with E-state index in [1.54, 1.807) is 0 Å². The summed E-state index contributed by atoms with van der Waals surface area (Å²) in [6.45, 7) is 34.2. The molecule has 324 valence electrons. The highest BCUT2D eigenvalue weighted by Crippen LogP contribution is 2.36. The zero-order valence-corrected chi connectivity index (χ0v) is 37.8. The quantitative estimate of drug-likeness (QED) is 0.129. The molecule has 9 heteroatoms. The number of carbonyl (C=O) groups is 2. The Morgan fingerprint density at radius 2 is 1.30 bits per heavy atom. The van der Waals surface area contributed by atoms with Crippen molar-refractivity contribution in [2.75, 3.05) is 85.2 Å². The predicted octanol–water partition coefficient (Wildman–Crippen LogP) is 8.51. The summed E-state index contributed by atoms with van der Waals surface area (Å²) < 4.78 is 12.2. The van der Waals surface area contributed by atoms with Crippen LogP contribution < -0.4 is 0 Å². The average Bonchev–Trinajstić information content (AvgIpc) is 3.15. The van der Waals surface area contributed by atoms with Gasteiger partial charge in [-0.15, -0.1) is 0 Å². The first-order valence-corrected chi connectivity index (χ1v) is 23.7. The van der Waals surface area contributed by atoms with Gasteiger partial charge in [-0.1, -0.05) is 41.0 Å². The van der Waals surface area contributed by atoms with Crippen molar-refractivity contribution in [2.45, 2.75) is 157 Å². The lowest BCUT2D eigenvalue weighted by atomic mass is 9.78. The molecule has 2 amide bonds. The van der Waals surface area contributed by atoms with Gasteiger partial charge in [-0.2, -0.15) is 0 Å². The van der Waals surface area contributed by atoms with Crippen molar-refractivity contribution in [2.24, 2.45) is 47.3 Å². The maximum atomic E-state index is 13.2. The molecule has 5 rings (SSSR count). The molecule has 5 aliphatic heterocycles. The van der Waals surface area contributed by atoms with Gasteiger partial charge in [-0.25, -0.2) is 4.79 Å². The molecule has 0 aromatic heterocycles. The van der Waals surface area contributed by atoms with Gasteiger partial charge in [-0.05, 0) is 165 Å². The molecule has 5 heterocycles. The molecule has 0 N–H and O–H groups in total. The van der Waals surface area contributed by atoms with Crippen molar-refractivity contribution < 1.29 is 19.1 Å². The Bertz CT molecular complexity index is 1160. The third kappa shape index (κ3) is 13.6. The van der Waals surface area contributed by atoms with Crippen molar-refractivity contribution in [3.63, 3.8) is 0 Å². The minimum Gasteiger partial charge on any atom is -0.446 e. The van der Waals surface area contributed by atoms with E-state index in [9.17, 15) is 9.59 Å². The maximum absolute atomic E-state index is 13.2. The van der Waals surface area contributed by atoms with Crippen molar-refractivity contribution in [1.82, 2.24) is 24.5 Å². The van der Waals surface area contributed by atoms with Crippen LogP contribution in [0.5, 0.6) is 0 Å². The summed E-state index contributed by atoms with van der Waals surface area (Å²) in [5.41, 5.74) is 0.0944. The summed E-state index contributed by atoms with van der Waals surface area (Å²) in [4.78, 5) is 38.1. The van der Waals surface area contributed by atoms with E-state index in [4.69, 9.17) is 9.47 Å². The molecular formula is C47H87N5O4. The summed E-state index contributed by atoms with van der Waals surface area (Å²) in [7, 11) is 0. The zero-order chi connectivity index (χ0) is 40.4. The molecule has 5 saturated heterocycles. The minimum absolute atomic E-state index is 0.0215. The number of rotatable bonds is 18. The van der Waals surface area contributed by atoms with Crippen LogP contribution in [-0.4, -0.2) is 139 Å².